The van der Waals surface area contributed by atoms with Crippen molar-refractivity contribution in [2.24, 2.45) is 0 Å². The molecule has 1 aliphatic carbocycles. The van der Waals surface area contributed by atoms with Crippen LogP contribution in [0, 0.1) is 0 Å². The maximum atomic E-state index is 5.89. The second-order valence-electron chi connectivity index (χ2n) is 7.21. The van der Waals surface area contributed by atoms with Crippen molar-refractivity contribution in [3.8, 4) is 5.75 Å². The van der Waals surface area contributed by atoms with Crippen molar-refractivity contribution in [2.45, 2.75) is 44.8 Å². The van der Waals surface area contributed by atoms with Crippen LogP contribution < -0.4 is 4.74 Å². The van der Waals surface area contributed by atoms with E-state index in [1.54, 1.807) is 5.57 Å². The topological polar surface area (TPSA) is 12.5 Å². The zero-order valence-electron chi connectivity index (χ0n) is 14.9. The minimum atomic E-state index is 0.623. The molecule has 2 nitrogen and oxygen atoms in total. The van der Waals surface area contributed by atoms with Crippen LogP contribution in [-0.2, 0) is 6.61 Å². The first-order valence-corrected chi connectivity index (χ1v) is 9.60. The van der Waals surface area contributed by atoms with E-state index in [9.17, 15) is 0 Å². The number of ether oxygens (including phenoxy) is 1. The van der Waals surface area contributed by atoms with Crippen molar-refractivity contribution in [2.75, 3.05) is 13.1 Å². The van der Waals surface area contributed by atoms with Gasteiger partial charge in [-0.3, -0.25) is 4.90 Å². The monoisotopic (exact) mass is 333 g/mol. The van der Waals surface area contributed by atoms with Crippen LogP contribution >= 0.6 is 0 Å². The molecule has 1 saturated heterocycles. The van der Waals surface area contributed by atoms with Crippen molar-refractivity contribution < 1.29 is 4.74 Å². The summed E-state index contributed by atoms with van der Waals surface area (Å²) in [6, 6.07) is 19.6. The highest BCUT2D eigenvalue weighted by atomic mass is 16.5. The minimum Gasteiger partial charge on any atom is -0.489 e. The Morgan fingerprint density at radius 1 is 0.920 bits per heavy atom. The molecule has 0 N–H and O–H groups in total. The minimum absolute atomic E-state index is 0.623. The molecular weight excluding hydrogens is 306 g/mol. The van der Waals surface area contributed by atoms with Crippen LogP contribution in [0.5, 0.6) is 5.75 Å². The summed E-state index contributed by atoms with van der Waals surface area (Å²) in [5.41, 5.74) is 4.13. The smallest absolute Gasteiger partial charge is 0.119 e. The first-order chi connectivity index (χ1) is 12.4. The maximum Gasteiger partial charge on any atom is 0.119 e. The summed E-state index contributed by atoms with van der Waals surface area (Å²) in [6.45, 7) is 3.20. The lowest BCUT2D eigenvalue weighted by Crippen LogP contribution is -2.46. The van der Waals surface area contributed by atoms with E-state index in [4.69, 9.17) is 4.74 Å². The van der Waals surface area contributed by atoms with Crippen LogP contribution in [-0.4, -0.2) is 24.0 Å². The first kappa shape index (κ1) is 16.4. The molecule has 2 aromatic rings. The molecule has 2 heteroatoms. The third kappa shape index (κ3) is 4.13. The summed E-state index contributed by atoms with van der Waals surface area (Å²) in [6.07, 6.45) is 9.11. The number of rotatable bonds is 5. The highest BCUT2D eigenvalue weighted by molar-refractivity contribution is 5.55. The molecule has 0 amide bonds. The standard InChI is InChI=1S/C23H27NO/c1-2-7-20(8-3-1)18-25-22-13-11-19(12-14-22)17-21-9-4-5-10-23(21)24-15-6-16-24/h1-3,7-8,11-14,17,23H,4-6,9-10,15-16,18H2/b21-17+. The molecule has 1 saturated carbocycles. The van der Waals surface area contributed by atoms with Crippen molar-refractivity contribution in [3.63, 3.8) is 0 Å². The second-order valence-corrected chi connectivity index (χ2v) is 7.21. The number of benzene rings is 2. The highest BCUT2D eigenvalue weighted by Crippen LogP contribution is 2.32. The molecular formula is C23H27NO. The molecule has 1 heterocycles. The Morgan fingerprint density at radius 3 is 2.44 bits per heavy atom. The second kappa shape index (κ2) is 7.88. The average Bonchev–Trinajstić information content (AvgIpc) is 2.62. The van der Waals surface area contributed by atoms with Gasteiger partial charge in [0.25, 0.3) is 0 Å². The van der Waals surface area contributed by atoms with Gasteiger partial charge in [-0.05, 0) is 62.0 Å². The summed E-state index contributed by atoms with van der Waals surface area (Å²) < 4.78 is 5.89. The van der Waals surface area contributed by atoms with Gasteiger partial charge in [-0.2, -0.15) is 0 Å². The Morgan fingerprint density at radius 2 is 1.72 bits per heavy atom. The Kier molecular flexibility index (Phi) is 5.17. The van der Waals surface area contributed by atoms with Gasteiger partial charge < -0.3 is 4.74 Å². The van der Waals surface area contributed by atoms with Gasteiger partial charge in [-0.15, -0.1) is 0 Å². The fourth-order valence-corrected chi connectivity index (χ4v) is 3.87. The van der Waals surface area contributed by atoms with E-state index in [0.717, 1.165) is 5.75 Å². The van der Waals surface area contributed by atoms with Gasteiger partial charge in [-0.25, -0.2) is 0 Å². The van der Waals surface area contributed by atoms with Gasteiger partial charge in [0.05, 0.1) is 0 Å². The lowest BCUT2D eigenvalue weighted by atomic mass is 9.86. The molecule has 2 aromatic carbocycles. The van der Waals surface area contributed by atoms with E-state index in [1.807, 2.05) is 18.2 Å². The van der Waals surface area contributed by atoms with E-state index in [0.29, 0.717) is 12.6 Å². The SMILES string of the molecule is C(=C1/CCCCC1N1CCC1)/c1ccc(OCc2ccccc2)cc1. The molecule has 1 aliphatic heterocycles. The summed E-state index contributed by atoms with van der Waals surface area (Å²) in [7, 11) is 0. The van der Waals surface area contributed by atoms with Crippen LogP contribution in [0.4, 0.5) is 0 Å². The summed E-state index contributed by atoms with van der Waals surface area (Å²) >= 11 is 0. The molecule has 0 aromatic heterocycles. The quantitative estimate of drug-likeness (QED) is 0.736. The highest BCUT2D eigenvalue weighted by Gasteiger charge is 2.28. The van der Waals surface area contributed by atoms with Gasteiger partial charge in [-0.1, -0.05) is 60.5 Å². The molecule has 0 bridgehead atoms. The largest absolute Gasteiger partial charge is 0.489 e. The Labute approximate surface area is 151 Å². The summed E-state index contributed by atoms with van der Waals surface area (Å²) in [5.74, 6) is 0.939. The number of hydrogen-bond donors (Lipinski definition) is 0. The Balaban J connectivity index is 1.40. The molecule has 1 atom stereocenters. The van der Waals surface area contributed by atoms with E-state index in [1.165, 1.54) is 56.3 Å². The summed E-state index contributed by atoms with van der Waals surface area (Å²) in [5, 5.41) is 0. The van der Waals surface area contributed by atoms with Crippen molar-refractivity contribution in [1.82, 2.24) is 4.90 Å². The van der Waals surface area contributed by atoms with E-state index >= 15 is 0 Å². The van der Waals surface area contributed by atoms with Crippen LogP contribution in [0.3, 0.4) is 0 Å². The molecule has 0 spiro atoms. The van der Waals surface area contributed by atoms with E-state index in [2.05, 4.69) is 47.4 Å². The number of hydrogen-bond acceptors (Lipinski definition) is 2. The van der Waals surface area contributed by atoms with Gasteiger partial charge in [0, 0.05) is 6.04 Å². The predicted molar refractivity (Wildman–Crippen MR) is 104 cm³/mol. The zero-order valence-corrected chi connectivity index (χ0v) is 14.9. The van der Waals surface area contributed by atoms with E-state index in [-0.39, 0.29) is 0 Å². The van der Waals surface area contributed by atoms with Gasteiger partial charge in [0.1, 0.15) is 12.4 Å². The van der Waals surface area contributed by atoms with Crippen LogP contribution in [0.2, 0.25) is 0 Å². The average molecular weight is 333 g/mol. The first-order valence-electron chi connectivity index (χ1n) is 9.60. The number of likely N-dealkylation sites (tertiary alicyclic amines) is 1. The predicted octanol–water partition coefficient (Wildman–Crippen LogP) is 5.30. The molecule has 0 radical (unpaired) electrons. The summed E-state index contributed by atoms with van der Waals surface area (Å²) in [4.78, 5) is 2.66. The Hall–Kier alpha value is -2.06. The lowest BCUT2D eigenvalue weighted by molar-refractivity contribution is 0.121. The third-order valence-corrected chi connectivity index (χ3v) is 5.43. The van der Waals surface area contributed by atoms with Crippen LogP contribution in [0.15, 0.2) is 60.2 Å². The van der Waals surface area contributed by atoms with E-state index < -0.39 is 0 Å². The Bertz CT molecular complexity index is 701. The molecule has 130 valence electrons. The maximum absolute atomic E-state index is 5.89. The molecule has 2 fully saturated rings. The normalized spacial score (nSPS) is 22.6. The molecule has 25 heavy (non-hydrogen) atoms. The molecule has 1 unspecified atom stereocenters. The lowest BCUT2D eigenvalue weighted by Gasteiger charge is -2.42. The fourth-order valence-electron chi connectivity index (χ4n) is 3.87. The van der Waals surface area contributed by atoms with Crippen molar-refractivity contribution in [1.29, 1.82) is 0 Å². The van der Waals surface area contributed by atoms with Gasteiger partial charge >= 0.3 is 0 Å². The van der Waals surface area contributed by atoms with Crippen molar-refractivity contribution >= 4 is 6.08 Å². The third-order valence-electron chi connectivity index (χ3n) is 5.43. The van der Waals surface area contributed by atoms with Crippen molar-refractivity contribution in [3.05, 3.63) is 71.3 Å². The number of nitrogens with zero attached hydrogens (tertiary/aromatic N) is 1. The van der Waals surface area contributed by atoms with Crippen LogP contribution in [0.25, 0.3) is 6.08 Å². The zero-order chi connectivity index (χ0) is 16.9. The van der Waals surface area contributed by atoms with Gasteiger partial charge in [0.15, 0.2) is 0 Å². The fraction of sp³-hybridized carbons (Fsp3) is 0.391. The molecule has 2 aliphatic rings. The molecule has 4 rings (SSSR count). The van der Waals surface area contributed by atoms with Crippen LogP contribution in [0.1, 0.15) is 43.2 Å². The van der Waals surface area contributed by atoms with Gasteiger partial charge in [0.2, 0.25) is 0 Å².